The predicted molar refractivity (Wildman–Crippen MR) is 89.5 cm³/mol. The molecule has 0 radical (unpaired) electrons. The van der Waals surface area contributed by atoms with Crippen LogP contribution in [0, 0.1) is 0 Å². The van der Waals surface area contributed by atoms with Gasteiger partial charge in [0.1, 0.15) is 5.75 Å². The number of hydrogen-bond donors (Lipinski definition) is 1. The Morgan fingerprint density at radius 2 is 1.91 bits per heavy atom. The fourth-order valence-corrected chi connectivity index (χ4v) is 3.74. The van der Waals surface area contributed by atoms with E-state index in [-0.39, 0.29) is 18.0 Å². The zero-order valence-corrected chi connectivity index (χ0v) is 13.2. The Labute approximate surface area is 136 Å². The highest BCUT2D eigenvalue weighted by Gasteiger charge is 2.40. The molecular weight excluding hydrogens is 288 g/mol. The molecule has 2 aromatic rings. The smallest absolute Gasteiger partial charge is 0.227 e. The van der Waals surface area contributed by atoms with Crippen LogP contribution in [0.3, 0.4) is 0 Å². The molecule has 0 unspecified atom stereocenters. The molecule has 2 aliphatic heterocycles. The standard InChI is InChI=1S/C19H20N2O2/c1-23-15-8-6-13(7-9-15)19-17-10-11-18(22)21(17)16-5-3-2-4-14(16)12-20-19/h2-9,17,19-20H,10-12H2,1H3/t17-,19-/m1/s1. The van der Waals surface area contributed by atoms with Crippen molar-refractivity contribution in [2.45, 2.75) is 31.5 Å². The van der Waals surface area contributed by atoms with Gasteiger partial charge in [-0.05, 0) is 35.7 Å². The fraction of sp³-hybridized carbons (Fsp3) is 0.316. The normalized spacial score (nSPS) is 23.2. The van der Waals surface area contributed by atoms with Crippen molar-refractivity contribution in [3.63, 3.8) is 0 Å². The minimum Gasteiger partial charge on any atom is -0.497 e. The number of anilines is 1. The largest absolute Gasteiger partial charge is 0.497 e. The molecule has 0 spiro atoms. The van der Waals surface area contributed by atoms with Crippen LogP contribution in [0.15, 0.2) is 48.5 Å². The molecule has 4 rings (SSSR count). The lowest BCUT2D eigenvalue weighted by Gasteiger charge is -2.30. The summed E-state index contributed by atoms with van der Waals surface area (Å²) in [6.45, 7) is 0.771. The fourth-order valence-electron chi connectivity index (χ4n) is 3.74. The molecule has 0 saturated carbocycles. The maximum Gasteiger partial charge on any atom is 0.227 e. The molecule has 1 amide bonds. The van der Waals surface area contributed by atoms with Gasteiger partial charge in [-0.25, -0.2) is 0 Å². The Kier molecular flexibility index (Phi) is 3.54. The molecule has 0 aliphatic carbocycles. The molecule has 2 atom stereocenters. The van der Waals surface area contributed by atoms with Crippen molar-refractivity contribution >= 4 is 11.6 Å². The summed E-state index contributed by atoms with van der Waals surface area (Å²) in [6, 6.07) is 16.6. The number of nitrogens with zero attached hydrogens (tertiary/aromatic N) is 1. The molecule has 2 aliphatic rings. The molecule has 0 aromatic heterocycles. The van der Waals surface area contributed by atoms with E-state index in [4.69, 9.17) is 4.74 Å². The van der Waals surface area contributed by atoms with E-state index in [0.717, 1.165) is 24.4 Å². The summed E-state index contributed by atoms with van der Waals surface area (Å²) < 4.78 is 5.25. The average Bonchev–Trinajstić information content (AvgIpc) is 2.89. The van der Waals surface area contributed by atoms with E-state index in [1.54, 1.807) is 7.11 Å². The molecule has 118 valence electrons. The lowest BCUT2D eigenvalue weighted by molar-refractivity contribution is -0.117. The SMILES string of the molecule is COc1ccc([C@H]2NCc3ccccc3N3C(=O)CC[C@H]23)cc1. The first-order valence-corrected chi connectivity index (χ1v) is 8.05. The van der Waals surface area contributed by atoms with Crippen molar-refractivity contribution in [2.24, 2.45) is 0 Å². The highest BCUT2D eigenvalue weighted by atomic mass is 16.5. The first-order valence-electron chi connectivity index (χ1n) is 8.05. The summed E-state index contributed by atoms with van der Waals surface area (Å²) in [5.74, 6) is 1.08. The van der Waals surface area contributed by atoms with Crippen molar-refractivity contribution < 1.29 is 9.53 Å². The first kappa shape index (κ1) is 14.3. The van der Waals surface area contributed by atoms with Crippen LogP contribution >= 0.6 is 0 Å². The maximum atomic E-state index is 12.5. The Morgan fingerprint density at radius 3 is 2.70 bits per heavy atom. The molecule has 1 fully saturated rings. The van der Waals surface area contributed by atoms with Crippen molar-refractivity contribution in [2.75, 3.05) is 12.0 Å². The lowest BCUT2D eigenvalue weighted by Crippen LogP contribution is -2.40. The number of para-hydroxylation sites is 1. The van der Waals surface area contributed by atoms with Crippen LogP contribution in [0.1, 0.15) is 30.0 Å². The van der Waals surface area contributed by atoms with E-state index in [0.29, 0.717) is 6.42 Å². The van der Waals surface area contributed by atoms with Gasteiger partial charge in [0.25, 0.3) is 0 Å². The van der Waals surface area contributed by atoms with Crippen molar-refractivity contribution in [1.82, 2.24) is 5.32 Å². The van der Waals surface area contributed by atoms with Gasteiger partial charge in [-0.1, -0.05) is 30.3 Å². The highest BCUT2D eigenvalue weighted by Crippen LogP contribution is 2.38. The minimum absolute atomic E-state index is 0.139. The summed E-state index contributed by atoms with van der Waals surface area (Å²) in [5.41, 5.74) is 3.44. The van der Waals surface area contributed by atoms with Crippen LogP contribution in [0.25, 0.3) is 0 Å². The molecule has 23 heavy (non-hydrogen) atoms. The molecule has 4 heteroatoms. The van der Waals surface area contributed by atoms with Gasteiger partial charge >= 0.3 is 0 Å². The predicted octanol–water partition coefficient (Wildman–Crippen LogP) is 3.04. The molecule has 2 aromatic carbocycles. The number of carbonyl (C=O) groups is 1. The van der Waals surface area contributed by atoms with Crippen molar-refractivity contribution in [3.8, 4) is 5.75 Å². The van der Waals surface area contributed by atoms with Crippen LogP contribution < -0.4 is 15.0 Å². The summed E-state index contributed by atoms with van der Waals surface area (Å²) in [4.78, 5) is 14.5. The third-order valence-electron chi connectivity index (χ3n) is 4.88. The number of benzene rings is 2. The number of amides is 1. The van der Waals surface area contributed by atoms with Crippen LogP contribution in [0.4, 0.5) is 5.69 Å². The van der Waals surface area contributed by atoms with Gasteiger partial charge in [0.05, 0.1) is 19.2 Å². The van der Waals surface area contributed by atoms with Crippen LogP contribution in [-0.2, 0) is 11.3 Å². The number of rotatable bonds is 2. The average molecular weight is 308 g/mol. The molecule has 1 N–H and O–H groups in total. The van der Waals surface area contributed by atoms with Crippen LogP contribution in [0.5, 0.6) is 5.75 Å². The van der Waals surface area contributed by atoms with Crippen LogP contribution in [0.2, 0.25) is 0 Å². The monoisotopic (exact) mass is 308 g/mol. The quantitative estimate of drug-likeness (QED) is 0.927. The van der Waals surface area contributed by atoms with Gasteiger partial charge in [0, 0.05) is 18.7 Å². The third-order valence-corrected chi connectivity index (χ3v) is 4.88. The summed E-state index contributed by atoms with van der Waals surface area (Å²) >= 11 is 0. The minimum atomic E-state index is 0.139. The Hall–Kier alpha value is -2.33. The van der Waals surface area contributed by atoms with E-state index >= 15 is 0 Å². The van der Waals surface area contributed by atoms with E-state index in [1.165, 1.54) is 11.1 Å². The second-order valence-corrected chi connectivity index (χ2v) is 6.13. The second kappa shape index (κ2) is 5.70. The second-order valence-electron chi connectivity index (χ2n) is 6.13. The number of fused-ring (bicyclic) bond motifs is 3. The van der Waals surface area contributed by atoms with Crippen LogP contribution in [-0.4, -0.2) is 19.1 Å². The topological polar surface area (TPSA) is 41.6 Å². The zero-order valence-electron chi connectivity index (χ0n) is 13.2. The number of carbonyl (C=O) groups excluding carboxylic acids is 1. The van der Waals surface area contributed by atoms with Gasteiger partial charge in [0.2, 0.25) is 5.91 Å². The number of ether oxygens (including phenoxy) is 1. The number of hydrogen-bond acceptors (Lipinski definition) is 3. The van der Waals surface area contributed by atoms with Gasteiger partial charge in [-0.2, -0.15) is 0 Å². The van der Waals surface area contributed by atoms with E-state index in [1.807, 2.05) is 29.2 Å². The maximum absolute atomic E-state index is 12.5. The molecule has 2 heterocycles. The Bertz CT molecular complexity index is 726. The van der Waals surface area contributed by atoms with Crippen molar-refractivity contribution in [1.29, 1.82) is 0 Å². The lowest BCUT2D eigenvalue weighted by atomic mass is 9.97. The van der Waals surface area contributed by atoms with Gasteiger partial charge < -0.3 is 15.0 Å². The highest BCUT2D eigenvalue weighted by molar-refractivity contribution is 5.97. The zero-order chi connectivity index (χ0) is 15.8. The van der Waals surface area contributed by atoms with E-state index in [2.05, 4.69) is 29.6 Å². The Balaban J connectivity index is 1.74. The molecule has 1 saturated heterocycles. The Morgan fingerprint density at radius 1 is 1.13 bits per heavy atom. The van der Waals surface area contributed by atoms with Gasteiger partial charge in [0.15, 0.2) is 0 Å². The number of methoxy groups -OCH3 is 1. The molecular formula is C19H20N2O2. The van der Waals surface area contributed by atoms with E-state index in [9.17, 15) is 4.79 Å². The summed E-state index contributed by atoms with van der Waals surface area (Å²) in [7, 11) is 1.67. The summed E-state index contributed by atoms with van der Waals surface area (Å²) in [5, 5.41) is 3.65. The molecule has 0 bridgehead atoms. The number of nitrogens with one attached hydrogen (secondary N) is 1. The van der Waals surface area contributed by atoms with Gasteiger partial charge in [-0.15, -0.1) is 0 Å². The molecule has 4 nitrogen and oxygen atoms in total. The van der Waals surface area contributed by atoms with Crippen molar-refractivity contribution in [3.05, 3.63) is 59.7 Å². The summed E-state index contributed by atoms with van der Waals surface area (Å²) in [6.07, 6.45) is 1.50. The first-order chi connectivity index (χ1) is 11.3. The van der Waals surface area contributed by atoms with Gasteiger partial charge in [-0.3, -0.25) is 4.79 Å². The third kappa shape index (κ3) is 2.39. The van der Waals surface area contributed by atoms with E-state index < -0.39 is 0 Å².